The summed E-state index contributed by atoms with van der Waals surface area (Å²) in [5.74, 6) is 6.22. The van der Waals surface area contributed by atoms with Crippen LogP contribution in [-0.4, -0.2) is 49.5 Å². The predicted octanol–water partition coefficient (Wildman–Crippen LogP) is 1.30. The fourth-order valence-corrected chi connectivity index (χ4v) is 5.47. The molecule has 21 heavy (non-hydrogen) atoms. The summed E-state index contributed by atoms with van der Waals surface area (Å²) in [6.45, 7) is 6.72. The van der Waals surface area contributed by atoms with Crippen molar-refractivity contribution in [1.82, 2.24) is 10.3 Å². The Bertz CT molecular complexity index is 444. The van der Waals surface area contributed by atoms with Gasteiger partial charge < -0.3 is 0 Å². The zero-order valence-electron chi connectivity index (χ0n) is 13.6. The van der Waals surface area contributed by atoms with E-state index >= 15 is 0 Å². The molecule has 0 aromatic carbocycles. The smallest absolute Gasteiger partial charge is 0.150 e. The van der Waals surface area contributed by atoms with Crippen molar-refractivity contribution in [3.8, 4) is 0 Å². The third-order valence-corrected chi connectivity index (χ3v) is 7.24. The molecule has 3 N–H and O–H groups in total. The van der Waals surface area contributed by atoms with E-state index in [9.17, 15) is 8.42 Å². The van der Waals surface area contributed by atoms with Gasteiger partial charge in [0.15, 0.2) is 0 Å². The van der Waals surface area contributed by atoms with Crippen molar-refractivity contribution in [2.45, 2.75) is 69.2 Å². The van der Waals surface area contributed by atoms with Gasteiger partial charge >= 0.3 is 0 Å². The zero-order valence-corrected chi connectivity index (χ0v) is 14.5. The van der Waals surface area contributed by atoms with Crippen LogP contribution < -0.4 is 11.3 Å². The van der Waals surface area contributed by atoms with Gasteiger partial charge in [0, 0.05) is 17.8 Å². The second-order valence-electron chi connectivity index (χ2n) is 7.37. The summed E-state index contributed by atoms with van der Waals surface area (Å²) in [5.41, 5.74) is 2.99. The van der Waals surface area contributed by atoms with Gasteiger partial charge in [-0.2, -0.15) is 0 Å². The van der Waals surface area contributed by atoms with E-state index in [0.29, 0.717) is 5.92 Å². The van der Waals surface area contributed by atoms with Gasteiger partial charge in [0.2, 0.25) is 0 Å². The summed E-state index contributed by atoms with van der Waals surface area (Å²) in [5, 5.41) is -0.193. The van der Waals surface area contributed by atoms with Crippen molar-refractivity contribution >= 4 is 9.84 Å². The molecule has 0 radical (unpaired) electrons. The molecule has 0 bridgehead atoms. The number of sulfone groups is 1. The second kappa shape index (κ2) is 6.52. The van der Waals surface area contributed by atoms with Crippen LogP contribution >= 0.6 is 0 Å². The average Bonchev–Trinajstić information content (AvgIpc) is 2.93. The highest BCUT2D eigenvalue weighted by Gasteiger charge is 2.43. The maximum atomic E-state index is 11.9. The van der Waals surface area contributed by atoms with Gasteiger partial charge in [0.05, 0.1) is 5.25 Å². The lowest BCUT2D eigenvalue weighted by Gasteiger charge is -2.47. The fraction of sp³-hybridized carbons (Fsp3) is 1.00. The lowest BCUT2D eigenvalue weighted by atomic mass is 9.76. The standard InChI is InChI=1S/C15H31N3O2S/c1-15(2,18-9-4-5-10-18)14(17-16)12-7-6-8-13(11-12)21(3,19)20/h12-14,17H,4-11,16H2,1-3H3. The van der Waals surface area contributed by atoms with Crippen LogP contribution in [0.5, 0.6) is 0 Å². The summed E-state index contributed by atoms with van der Waals surface area (Å²) in [6.07, 6.45) is 7.46. The highest BCUT2D eigenvalue weighted by atomic mass is 32.2. The first kappa shape index (κ1) is 17.2. The Balaban J connectivity index is 2.12. The molecule has 1 saturated carbocycles. The lowest BCUT2D eigenvalue weighted by Crippen LogP contribution is -2.62. The van der Waals surface area contributed by atoms with Crippen molar-refractivity contribution in [2.75, 3.05) is 19.3 Å². The third-order valence-electron chi connectivity index (χ3n) is 5.61. The van der Waals surface area contributed by atoms with Crippen LogP contribution in [0.1, 0.15) is 52.4 Å². The molecule has 0 amide bonds. The van der Waals surface area contributed by atoms with Crippen LogP contribution in [0.15, 0.2) is 0 Å². The number of nitrogens with two attached hydrogens (primary N) is 1. The Morgan fingerprint density at radius 3 is 2.33 bits per heavy atom. The monoisotopic (exact) mass is 317 g/mol. The number of rotatable bonds is 5. The highest BCUT2D eigenvalue weighted by Crippen LogP contribution is 2.36. The first-order valence-electron chi connectivity index (χ1n) is 8.17. The molecule has 2 fully saturated rings. The number of hydrogen-bond donors (Lipinski definition) is 2. The molecular weight excluding hydrogens is 286 g/mol. The minimum atomic E-state index is -2.95. The summed E-state index contributed by atoms with van der Waals surface area (Å²) < 4.78 is 23.8. The molecule has 0 spiro atoms. The molecule has 3 unspecified atom stereocenters. The Labute approximate surface area is 129 Å². The summed E-state index contributed by atoms with van der Waals surface area (Å²) in [6, 6.07) is 0.139. The Hall–Kier alpha value is -0.170. The highest BCUT2D eigenvalue weighted by molar-refractivity contribution is 7.91. The van der Waals surface area contributed by atoms with E-state index in [-0.39, 0.29) is 16.8 Å². The minimum absolute atomic E-state index is 0.0324. The van der Waals surface area contributed by atoms with E-state index < -0.39 is 9.84 Å². The molecule has 0 aromatic rings. The van der Waals surface area contributed by atoms with Gasteiger partial charge in [-0.05, 0) is 65.0 Å². The maximum Gasteiger partial charge on any atom is 0.150 e. The molecule has 2 aliphatic rings. The van der Waals surface area contributed by atoms with Gasteiger partial charge in [-0.15, -0.1) is 0 Å². The van der Waals surface area contributed by atoms with Gasteiger partial charge in [-0.1, -0.05) is 6.42 Å². The lowest BCUT2D eigenvalue weighted by molar-refractivity contribution is 0.0659. The number of hydrogen-bond acceptors (Lipinski definition) is 5. The van der Waals surface area contributed by atoms with Crippen molar-refractivity contribution in [1.29, 1.82) is 0 Å². The van der Waals surface area contributed by atoms with Crippen molar-refractivity contribution < 1.29 is 8.42 Å². The van der Waals surface area contributed by atoms with Crippen LogP contribution in [0.4, 0.5) is 0 Å². The largest absolute Gasteiger partial charge is 0.297 e. The van der Waals surface area contributed by atoms with E-state index in [1.165, 1.54) is 19.1 Å². The predicted molar refractivity (Wildman–Crippen MR) is 86.6 cm³/mol. The van der Waals surface area contributed by atoms with Gasteiger partial charge in [-0.25, -0.2) is 8.42 Å². The average molecular weight is 317 g/mol. The molecule has 1 aliphatic heterocycles. The fourth-order valence-electron chi connectivity index (χ4n) is 4.28. The van der Waals surface area contributed by atoms with E-state index in [1.54, 1.807) is 0 Å². The van der Waals surface area contributed by atoms with E-state index in [2.05, 4.69) is 24.2 Å². The number of hydrazine groups is 1. The molecule has 5 nitrogen and oxygen atoms in total. The van der Waals surface area contributed by atoms with Crippen LogP contribution in [0.2, 0.25) is 0 Å². The molecule has 0 aromatic heterocycles. The summed E-state index contributed by atoms with van der Waals surface area (Å²) in [7, 11) is -2.95. The van der Waals surface area contributed by atoms with E-state index in [1.807, 2.05) is 0 Å². The molecule has 1 aliphatic carbocycles. The van der Waals surface area contributed by atoms with Crippen molar-refractivity contribution in [2.24, 2.45) is 11.8 Å². The minimum Gasteiger partial charge on any atom is -0.297 e. The molecule has 124 valence electrons. The molecule has 3 atom stereocenters. The molecule has 2 rings (SSSR count). The van der Waals surface area contributed by atoms with Crippen molar-refractivity contribution in [3.05, 3.63) is 0 Å². The van der Waals surface area contributed by atoms with Gasteiger partial charge in [0.1, 0.15) is 9.84 Å². The van der Waals surface area contributed by atoms with Crippen LogP contribution in [0.3, 0.4) is 0 Å². The SMILES string of the molecule is CC(C)(C(NN)C1CCCC(S(C)(=O)=O)C1)N1CCCC1. The first-order chi connectivity index (χ1) is 9.76. The second-order valence-corrected chi connectivity index (χ2v) is 9.70. The first-order valence-corrected chi connectivity index (χ1v) is 10.1. The Morgan fingerprint density at radius 2 is 1.81 bits per heavy atom. The Morgan fingerprint density at radius 1 is 1.19 bits per heavy atom. The van der Waals surface area contributed by atoms with E-state index in [0.717, 1.165) is 38.8 Å². The Kier molecular flexibility index (Phi) is 5.34. The van der Waals surface area contributed by atoms with Crippen LogP contribution in [-0.2, 0) is 9.84 Å². The van der Waals surface area contributed by atoms with Gasteiger partial charge in [0.25, 0.3) is 0 Å². The summed E-state index contributed by atoms with van der Waals surface area (Å²) >= 11 is 0. The number of nitrogens with one attached hydrogen (secondary N) is 1. The topological polar surface area (TPSA) is 75.4 Å². The normalized spacial score (nSPS) is 30.5. The molecule has 1 saturated heterocycles. The van der Waals surface area contributed by atoms with Crippen LogP contribution in [0.25, 0.3) is 0 Å². The van der Waals surface area contributed by atoms with Gasteiger partial charge in [-0.3, -0.25) is 16.2 Å². The van der Waals surface area contributed by atoms with Crippen molar-refractivity contribution in [3.63, 3.8) is 0 Å². The summed E-state index contributed by atoms with van der Waals surface area (Å²) in [4.78, 5) is 2.50. The zero-order chi connectivity index (χ0) is 15.7. The number of nitrogens with zero attached hydrogens (tertiary/aromatic N) is 1. The molecule has 1 heterocycles. The van der Waals surface area contributed by atoms with Crippen LogP contribution in [0, 0.1) is 5.92 Å². The third kappa shape index (κ3) is 3.78. The van der Waals surface area contributed by atoms with E-state index in [4.69, 9.17) is 5.84 Å². The maximum absolute atomic E-state index is 11.9. The quantitative estimate of drug-likeness (QED) is 0.590. The molecular formula is C15H31N3O2S. The number of likely N-dealkylation sites (tertiary alicyclic amines) is 1. The molecule has 6 heteroatoms.